The number of aliphatic hydroxyl groups excluding tert-OH is 1. The standard InChI is InChI=1S/C10H15NO2/c1-2-3-6-13-10-4-5-11-7-9(10)8-12/h4-5,7,12H,2-3,6,8H2,1H3. The summed E-state index contributed by atoms with van der Waals surface area (Å²) in [4.78, 5) is 3.90. The van der Waals surface area contributed by atoms with Crippen molar-refractivity contribution in [2.75, 3.05) is 6.61 Å². The van der Waals surface area contributed by atoms with Crippen molar-refractivity contribution in [1.82, 2.24) is 4.98 Å². The Hall–Kier alpha value is -1.09. The highest BCUT2D eigenvalue weighted by Crippen LogP contribution is 2.16. The minimum absolute atomic E-state index is 0.0186. The van der Waals surface area contributed by atoms with Crippen LogP contribution in [0.1, 0.15) is 25.3 Å². The van der Waals surface area contributed by atoms with Crippen molar-refractivity contribution in [1.29, 1.82) is 0 Å². The number of aromatic nitrogens is 1. The van der Waals surface area contributed by atoms with Crippen LogP contribution in [0.2, 0.25) is 0 Å². The summed E-state index contributed by atoms with van der Waals surface area (Å²) in [5.74, 6) is 0.742. The van der Waals surface area contributed by atoms with Crippen molar-refractivity contribution in [2.45, 2.75) is 26.4 Å². The lowest BCUT2D eigenvalue weighted by Gasteiger charge is -2.08. The Kier molecular flexibility index (Phi) is 4.26. The summed E-state index contributed by atoms with van der Waals surface area (Å²) in [7, 11) is 0. The molecule has 0 unspecified atom stereocenters. The zero-order valence-electron chi connectivity index (χ0n) is 7.86. The summed E-state index contributed by atoms with van der Waals surface area (Å²) < 4.78 is 5.47. The van der Waals surface area contributed by atoms with Gasteiger partial charge in [-0.05, 0) is 12.5 Å². The van der Waals surface area contributed by atoms with Gasteiger partial charge < -0.3 is 9.84 Å². The van der Waals surface area contributed by atoms with Gasteiger partial charge in [0.2, 0.25) is 0 Å². The highest BCUT2D eigenvalue weighted by molar-refractivity contribution is 5.29. The molecule has 72 valence electrons. The summed E-state index contributed by atoms with van der Waals surface area (Å²) in [6.07, 6.45) is 5.44. The van der Waals surface area contributed by atoms with E-state index in [2.05, 4.69) is 11.9 Å². The fraction of sp³-hybridized carbons (Fsp3) is 0.500. The lowest BCUT2D eigenvalue weighted by Crippen LogP contribution is -2.00. The van der Waals surface area contributed by atoms with Crippen LogP contribution in [-0.4, -0.2) is 16.7 Å². The number of unbranched alkanes of at least 4 members (excludes halogenated alkanes) is 1. The predicted molar refractivity (Wildman–Crippen MR) is 50.6 cm³/mol. The minimum Gasteiger partial charge on any atom is -0.493 e. The van der Waals surface area contributed by atoms with E-state index in [9.17, 15) is 0 Å². The van der Waals surface area contributed by atoms with Crippen LogP contribution >= 0.6 is 0 Å². The normalized spacial score (nSPS) is 10.0. The predicted octanol–water partition coefficient (Wildman–Crippen LogP) is 1.75. The smallest absolute Gasteiger partial charge is 0.127 e. The third-order valence-corrected chi connectivity index (χ3v) is 1.78. The first-order valence-corrected chi connectivity index (χ1v) is 4.55. The van der Waals surface area contributed by atoms with E-state index in [1.165, 1.54) is 0 Å². The second-order valence-corrected chi connectivity index (χ2v) is 2.84. The van der Waals surface area contributed by atoms with Crippen molar-refractivity contribution >= 4 is 0 Å². The van der Waals surface area contributed by atoms with Crippen LogP contribution in [0, 0.1) is 0 Å². The molecule has 3 nitrogen and oxygen atoms in total. The Morgan fingerprint density at radius 1 is 1.54 bits per heavy atom. The molecule has 0 bridgehead atoms. The lowest BCUT2D eigenvalue weighted by atomic mass is 10.3. The maximum absolute atomic E-state index is 8.95. The van der Waals surface area contributed by atoms with Gasteiger partial charge >= 0.3 is 0 Å². The van der Waals surface area contributed by atoms with E-state index >= 15 is 0 Å². The number of hydrogen-bond donors (Lipinski definition) is 1. The molecule has 0 aromatic carbocycles. The zero-order chi connectivity index (χ0) is 9.52. The van der Waals surface area contributed by atoms with Gasteiger partial charge in [0.1, 0.15) is 5.75 Å². The molecular weight excluding hydrogens is 166 g/mol. The minimum atomic E-state index is -0.0186. The molecule has 0 spiro atoms. The molecule has 1 rings (SSSR count). The van der Waals surface area contributed by atoms with Crippen LogP contribution in [0.25, 0.3) is 0 Å². The van der Waals surface area contributed by atoms with Gasteiger partial charge in [-0.25, -0.2) is 0 Å². The average molecular weight is 181 g/mol. The number of nitrogens with zero attached hydrogens (tertiary/aromatic N) is 1. The zero-order valence-corrected chi connectivity index (χ0v) is 7.86. The molecule has 3 heteroatoms. The number of pyridine rings is 1. The molecule has 0 atom stereocenters. The molecule has 1 N–H and O–H groups in total. The van der Waals surface area contributed by atoms with E-state index in [0.717, 1.165) is 24.2 Å². The first kappa shape index (κ1) is 9.99. The van der Waals surface area contributed by atoms with Crippen molar-refractivity contribution in [3.05, 3.63) is 24.0 Å². The molecule has 1 aromatic heterocycles. The van der Waals surface area contributed by atoms with Crippen molar-refractivity contribution < 1.29 is 9.84 Å². The maximum atomic E-state index is 8.95. The van der Waals surface area contributed by atoms with E-state index in [1.54, 1.807) is 18.5 Å². The third-order valence-electron chi connectivity index (χ3n) is 1.78. The highest BCUT2D eigenvalue weighted by Gasteiger charge is 2.00. The molecular formula is C10H15NO2. The van der Waals surface area contributed by atoms with Crippen LogP contribution in [-0.2, 0) is 6.61 Å². The van der Waals surface area contributed by atoms with Crippen LogP contribution in [0.4, 0.5) is 0 Å². The van der Waals surface area contributed by atoms with E-state index in [4.69, 9.17) is 9.84 Å². The van der Waals surface area contributed by atoms with E-state index in [1.807, 2.05) is 0 Å². The van der Waals surface area contributed by atoms with Crippen molar-refractivity contribution in [3.63, 3.8) is 0 Å². The Bertz CT molecular complexity index is 250. The fourth-order valence-electron chi connectivity index (χ4n) is 1.00. The molecule has 13 heavy (non-hydrogen) atoms. The Morgan fingerprint density at radius 3 is 3.08 bits per heavy atom. The van der Waals surface area contributed by atoms with Crippen molar-refractivity contribution in [2.24, 2.45) is 0 Å². The lowest BCUT2D eigenvalue weighted by molar-refractivity contribution is 0.260. The molecule has 1 aromatic rings. The molecule has 0 amide bonds. The van der Waals surface area contributed by atoms with Gasteiger partial charge in [-0.15, -0.1) is 0 Å². The van der Waals surface area contributed by atoms with Gasteiger partial charge in [0.05, 0.1) is 13.2 Å². The number of aliphatic hydroxyl groups is 1. The van der Waals surface area contributed by atoms with E-state index < -0.39 is 0 Å². The van der Waals surface area contributed by atoms with Crippen LogP contribution in [0.3, 0.4) is 0 Å². The molecule has 0 saturated heterocycles. The quantitative estimate of drug-likeness (QED) is 0.704. The number of rotatable bonds is 5. The van der Waals surface area contributed by atoms with Gasteiger partial charge in [0, 0.05) is 18.0 Å². The molecule has 0 fully saturated rings. The molecule has 0 aliphatic heterocycles. The summed E-state index contributed by atoms with van der Waals surface area (Å²) in [5, 5.41) is 8.95. The topological polar surface area (TPSA) is 42.4 Å². The van der Waals surface area contributed by atoms with Crippen LogP contribution in [0.5, 0.6) is 5.75 Å². The van der Waals surface area contributed by atoms with Crippen molar-refractivity contribution in [3.8, 4) is 5.75 Å². The first-order chi connectivity index (χ1) is 6.38. The monoisotopic (exact) mass is 181 g/mol. The molecule has 0 aliphatic rings. The fourth-order valence-corrected chi connectivity index (χ4v) is 1.00. The second-order valence-electron chi connectivity index (χ2n) is 2.84. The Balaban J connectivity index is 2.54. The first-order valence-electron chi connectivity index (χ1n) is 4.55. The molecule has 0 aliphatic carbocycles. The Morgan fingerprint density at radius 2 is 2.38 bits per heavy atom. The van der Waals surface area contributed by atoms with Gasteiger partial charge in [0.15, 0.2) is 0 Å². The molecule has 0 saturated carbocycles. The summed E-state index contributed by atoms with van der Waals surface area (Å²) in [6.45, 7) is 2.80. The SMILES string of the molecule is CCCCOc1ccncc1CO. The maximum Gasteiger partial charge on any atom is 0.127 e. The van der Waals surface area contributed by atoms with Crippen LogP contribution < -0.4 is 4.74 Å². The number of hydrogen-bond acceptors (Lipinski definition) is 3. The average Bonchev–Trinajstić information content (AvgIpc) is 2.19. The molecule has 1 heterocycles. The Labute approximate surface area is 78.4 Å². The van der Waals surface area contributed by atoms with Gasteiger partial charge in [-0.2, -0.15) is 0 Å². The third kappa shape index (κ3) is 3.03. The number of ether oxygens (including phenoxy) is 1. The van der Waals surface area contributed by atoms with E-state index in [0.29, 0.717) is 6.61 Å². The highest BCUT2D eigenvalue weighted by atomic mass is 16.5. The summed E-state index contributed by atoms with van der Waals surface area (Å²) >= 11 is 0. The van der Waals surface area contributed by atoms with E-state index in [-0.39, 0.29) is 6.61 Å². The van der Waals surface area contributed by atoms with Gasteiger partial charge in [-0.3, -0.25) is 4.98 Å². The second kappa shape index (κ2) is 5.54. The molecule has 0 radical (unpaired) electrons. The largest absolute Gasteiger partial charge is 0.493 e. The van der Waals surface area contributed by atoms with Gasteiger partial charge in [0.25, 0.3) is 0 Å². The summed E-state index contributed by atoms with van der Waals surface area (Å²) in [6, 6.07) is 1.78. The van der Waals surface area contributed by atoms with Crippen LogP contribution in [0.15, 0.2) is 18.5 Å². The summed E-state index contributed by atoms with van der Waals surface area (Å²) in [5.41, 5.74) is 0.749. The van der Waals surface area contributed by atoms with Gasteiger partial charge in [-0.1, -0.05) is 13.3 Å².